The van der Waals surface area contributed by atoms with E-state index in [1.54, 1.807) is 12.3 Å². The van der Waals surface area contributed by atoms with Crippen molar-refractivity contribution in [3.8, 4) is 0 Å². The van der Waals surface area contributed by atoms with Gasteiger partial charge in [-0.25, -0.2) is 4.79 Å². The van der Waals surface area contributed by atoms with E-state index in [1.807, 2.05) is 17.5 Å². The van der Waals surface area contributed by atoms with Crippen molar-refractivity contribution < 1.29 is 33.6 Å². The van der Waals surface area contributed by atoms with Gasteiger partial charge in [0.2, 0.25) is 11.8 Å². The maximum atomic E-state index is 13.1. The summed E-state index contributed by atoms with van der Waals surface area (Å²) in [7, 11) is 0. The molecule has 0 saturated carbocycles. The van der Waals surface area contributed by atoms with Crippen LogP contribution in [0.4, 0.5) is 5.69 Å². The minimum Gasteiger partial charge on any atom is -0.461 e. The molecule has 1 N–H and O–H groups in total. The maximum Gasteiger partial charge on any atom is 0.333 e. The zero-order chi connectivity index (χ0) is 26.5. The zero-order valence-electron chi connectivity index (χ0n) is 19.7. The lowest BCUT2D eigenvalue weighted by atomic mass is 9.98. The predicted octanol–water partition coefficient (Wildman–Crippen LogP) is 2.55. The van der Waals surface area contributed by atoms with Gasteiger partial charge in [-0.15, -0.1) is 23.1 Å². The number of β-lactam (4-membered cyclic amide) rings is 1. The van der Waals surface area contributed by atoms with Crippen molar-refractivity contribution in [1.82, 2.24) is 10.2 Å². The summed E-state index contributed by atoms with van der Waals surface area (Å²) in [6.07, 6.45) is 0.299. The topological polar surface area (TPSA) is 145 Å². The van der Waals surface area contributed by atoms with E-state index in [4.69, 9.17) is 9.47 Å². The number of amides is 2. The van der Waals surface area contributed by atoms with Gasteiger partial charge < -0.3 is 19.7 Å². The Morgan fingerprint density at radius 2 is 1.89 bits per heavy atom. The van der Waals surface area contributed by atoms with Crippen molar-refractivity contribution in [2.75, 3.05) is 6.61 Å². The predicted molar refractivity (Wildman–Crippen MR) is 134 cm³/mol. The summed E-state index contributed by atoms with van der Waals surface area (Å²) in [5, 5.41) is 16.6. The van der Waals surface area contributed by atoms with Gasteiger partial charge in [-0.1, -0.05) is 13.0 Å². The largest absolute Gasteiger partial charge is 0.461 e. The normalized spacial score (nSPS) is 20.2. The number of benzene rings is 1. The van der Waals surface area contributed by atoms with E-state index in [-0.39, 0.29) is 37.6 Å². The van der Waals surface area contributed by atoms with Crippen molar-refractivity contribution in [1.29, 1.82) is 0 Å². The Labute approximate surface area is 219 Å². The van der Waals surface area contributed by atoms with Gasteiger partial charge >= 0.3 is 11.9 Å². The monoisotopic (exact) mass is 545 g/mol. The van der Waals surface area contributed by atoms with Gasteiger partial charge in [0.05, 0.1) is 11.3 Å². The summed E-state index contributed by atoms with van der Waals surface area (Å²) in [4.78, 5) is 62.9. The summed E-state index contributed by atoms with van der Waals surface area (Å²) in [5.41, 5.74) is 0.814. The van der Waals surface area contributed by atoms with Crippen LogP contribution in [0.5, 0.6) is 0 Å². The molecule has 0 aliphatic carbocycles. The van der Waals surface area contributed by atoms with Crippen LogP contribution in [0.3, 0.4) is 0 Å². The quantitative estimate of drug-likeness (QED) is 0.206. The van der Waals surface area contributed by atoms with Crippen LogP contribution in [0.1, 0.15) is 23.8 Å². The molecule has 13 heteroatoms. The number of rotatable bonds is 10. The number of hydrogen-bond donors (Lipinski definition) is 1. The number of carbonyl (C=O) groups excluding carboxylic acids is 4. The molecule has 1 aromatic heterocycles. The SMILES string of the molecule is CCC(=O)OCC1=CS[C@H]2C(NC(=O)Cc3cccs3)C(=O)N2C1C(=O)OCc1ccc([N+](=O)[O-])cc1. The molecule has 2 aromatic rings. The Morgan fingerprint density at radius 1 is 1.14 bits per heavy atom. The molecule has 37 heavy (non-hydrogen) atoms. The van der Waals surface area contributed by atoms with Crippen LogP contribution in [0, 0.1) is 10.1 Å². The molecule has 2 unspecified atom stereocenters. The molecule has 0 spiro atoms. The van der Waals surface area contributed by atoms with E-state index in [2.05, 4.69) is 5.32 Å². The van der Waals surface area contributed by atoms with Gasteiger partial charge in [0.25, 0.3) is 5.69 Å². The van der Waals surface area contributed by atoms with E-state index in [1.165, 1.54) is 52.3 Å². The highest BCUT2D eigenvalue weighted by molar-refractivity contribution is 8.03. The molecule has 1 aromatic carbocycles. The molecule has 0 bridgehead atoms. The second kappa shape index (κ2) is 11.6. The molecule has 1 fully saturated rings. The van der Waals surface area contributed by atoms with Crippen LogP contribution in [0.25, 0.3) is 0 Å². The average molecular weight is 546 g/mol. The lowest BCUT2D eigenvalue weighted by Gasteiger charge is -2.51. The molecule has 11 nitrogen and oxygen atoms in total. The second-order valence-electron chi connectivity index (χ2n) is 8.21. The number of thioether (sulfide) groups is 1. The first-order valence-electron chi connectivity index (χ1n) is 11.3. The van der Waals surface area contributed by atoms with Crippen molar-refractivity contribution in [2.24, 2.45) is 0 Å². The highest BCUT2D eigenvalue weighted by atomic mass is 32.2. The molecule has 1 saturated heterocycles. The van der Waals surface area contributed by atoms with Crippen molar-refractivity contribution in [3.05, 3.63) is 73.3 Å². The lowest BCUT2D eigenvalue weighted by Crippen LogP contribution is -2.74. The number of nitrogens with one attached hydrogen (secondary N) is 1. The number of nitro benzene ring substituents is 1. The number of ether oxygens (including phenoxy) is 2. The van der Waals surface area contributed by atoms with Crippen LogP contribution >= 0.6 is 23.1 Å². The molecule has 3 heterocycles. The fourth-order valence-corrected chi connectivity index (χ4v) is 5.74. The van der Waals surface area contributed by atoms with Crippen LogP contribution < -0.4 is 5.32 Å². The smallest absolute Gasteiger partial charge is 0.333 e. The first kappa shape index (κ1) is 26.4. The average Bonchev–Trinajstić information content (AvgIpc) is 3.41. The summed E-state index contributed by atoms with van der Waals surface area (Å²) in [5.74, 6) is -1.94. The fraction of sp³-hybridized carbons (Fsp3) is 0.333. The Hall–Kier alpha value is -3.71. The number of esters is 2. The summed E-state index contributed by atoms with van der Waals surface area (Å²) in [6, 6.07) is 7.27. The Balaban J connectivity index is 1.45. The second-order valence-corrected chi connectivity index (χ2v) is 10.2. The fourth-order valence-electron chi connectivity index (χ4n) is 3.82. The van der Waals surface area contributed by atoms with Gasteiger partial charge in [-0.2, -0.15) is 0 Å². The third-order valence-corrected chi connectivity index (χ3v) is 7.83. The molecule has 2 amide bonds. The molecular weight excluding hydrogens is 522 g/mol. The van der Waals surface area contributed by atoms with Gasteiger partial charge in [0.15, 0.2) is 6.04 Å². The van der Waals surface area contributed by atoms with E-state index in [0.717, 1.165) is 4.88 Å². The molecule has 194 valence electrons. The van der Waals surface area contributed by atoms with E-state index in [0.29, 0.717) is 11.1 Å². The van der Waals surface area contributed by atoms with E-state index in [9.17, 15) is 29.3 Å². The zero-order valence-corrected chi connectivity index (χ0v) is 21.3. The highest BCUT2D eigenvalue weighted by Gasteiger charge is 2.56. The van der Waals surface area contributed by atoms with Gasteiger partial charge in [0, 0.05) is 29.0 Å². The number of nitro groups is 1. The van der Waals surface area contributed by atoms with Crippen LogP contribution in [0.2, 0.25) is 0 Å². The minimum absolute atomic E-state index is 0.0940. The number of thiophene rings is 1. The first-order valence-corrected chi connectivity index (χ1v) is 13.1. The van der Waals surface area contributed by atoms with E-state index >= 15 is 0 Å². The first-order chi connectivity index (χ1) is 17.8. The Kier molecular flexibility index (Phi) is 8.24. The van der Waals surface area contributed by atoms with Crippen molar-refractivity contribution in [3.63, 3.8) is 0 Å². The van der Waals surface area contributed by atoms with E-state index < -0.39 is 40.2 Å². The highest BCUT2D eigenvalue weighted by Crippen LogP contribution is 2.40. The number of nitrogens with zero attached hydrogens (tertiary/aromatic N) is 2. The van der Waals surface area contributed by atoms with Crippen molar-refractivity contribution in [2.45, 2.75) is 43.8 Å². The molecule has 0 radical (unpaired) electrons. The van der Waals surface area contributed by atoms with Crippen LogP contribution in [-0.4, -0.2) is 57.6 Å². The van der Waals surface area contributed by atoms with Crippen LogP contribution in [0.15, 0.2) is 52.8 Å². The molecule has 3 atom stereocenters. The number of non-ortho nitro benzene ring substituents is 1. The third kappa shape index (κ3) is 6.00. The Morgan fingerprint density at radius 3 is 2.54 bits per heavy atom. The molecule has 2 aliphatic rings. The van der Waals surface area contributed by atoms with Gasteiger partial charge in [-0.3, -0.25) is 24.5 Å². The van der Waals surface area contributed by atoms with Crippen molar-refractivity contribution >= 4 is 52.5 Å². The molecular formula is C24H23N3O8S2. The standard InChI is InChI=1S/C24H23N3O8S2/c1-2-19(29)34-12-15-13-37-23-20(25-18(28)10-17-4-3-9-36-17)22(30)26(23)21(15)24(31)35-11-14-5-7-16(8-6-14)27(32)33/h3-9,13,20-21,23H,2,10-12H2,1H3,(H,25,28)/t20?,21?,23-/m0/s1. The van der Waals surface area contributed by atoms with Gasteiger partial charge in [-0.05, 0) is 34.6 Å². The minimum atomic E-state index is -1.13. The number of hydrogen-bond acceptors (Lipinski definition) is 10. The maximum absolute atomic E-state index is 13.1. The van der Waals surface area contributed by atoms with Gasteiger partial charge in [0.1, 0.15) is 24.6 Å². The number of carbonyl (C=O) groups is 4. The lowest BCUT2D eigenvalue weighted by molar-refractivity contribution is -0.384. The number of fused-ring (bicyclic) bond motifs is 1. The molecule has 2 aliphatic heterocycles. The summed E-state index contributed by atoms with van der Waals surface area (Å²) in [6.45, 7) is 1.28. The van der Waals surface area contributed by atoms with Crippen LogP contribution in [-0.2, 0) is 41.7 Å². The summed E-state index contributed by atoms with van der Waals surface area (Å²) >= 11 is 2.69. The summed E-state index contributed by atoms with van der Waals surface area (Å²) < 4.78 is 10.6. The molecule has 4 rings (SSSR count). The third-order valence-electron chi connectivity index (χ3n) is 5.74. The Bertz CT molecular complexity index is 1230.